The summed E-state index contributed by atoms with van der Waals surface area (Å²) in [7, 11) is 0. The van der Waals surface area contributed by atoms with E-state index < -0.39 is 0 Å². The summed E-state index contributed by atoms with van der Waals surface area (Å²) in [6, 6.07) is 5.93. The zero-order valence-electron chi connectivity index (χ0n) is 9.86. The van der Waals surface area contributed by atoms with Crippen molar-refractivity contribution in [1.29, 1.82) is 0 Å². The summed E-state index contributed by atoms with van der Waals surface area (Å²) in [4.78, 5) is 15.3. The molecule has 4 heteroatoms. The number of ether oxygens (including phenoxy) is 1. The monoisotopic (exact) mass is 266 g/mol. The molecule has 2 aromatic heterocycles. The summed E-state index contributed by atoms with van der Waals surface area (Å²) >= 11 is 3.30. The number of carbonyl (C=O) groups excluding carboxylic acids is 1. The van der Waals surface area contributed by atoms with E-state index >= 15 is 0 Å². The summed E-state index contributed by atoms with van der Waals surface area (Å²) in [6.45, 7) is 4.67. The van der Waals surface area contributed by atoms with E-state index in [1.807, 2.05) is 37.4 Å². The second-order valence-corrected chi connectivity index (χ2v) is 6.31. The normalized spacial score (nSPS) is 10.7. The first-order valence-corrected chi connectivity index (χ1v) is 7.07. The van der Waals surface area contributed by atoms with E-state index in [0.29, 0.717) is 6.61 Å². The van der Waals surface area contributed by atoms with Gasteiger partial charge in [0.25, 0.3) is 0 Å². The lowest BCUT2D eigenvalue weighted by Gasteiger charge is -2.01. The van der Waals surface area contributed by atoms with Crippen molar-refractivity contribution in [3.05, 3.63) is 43.8 Å². The Hall–Kier alpha value is -0.970. The maximum Gasteiger partial charge on any atom is 0.189 e. The van der Waals surface area contributed by atoms with E-state index in [9.17, 15) is 4.79 Å². The Labute approximate surface area is 109 Å². The minimum Gasteiger partial charge on any atom is -0.368 e. The maximum atomic E-state index is 11.9. The van der Waals surface area contributed by atoms with E-state index in [1.165, 1.54) is 4.88 Å². The van der Waals surface area contributed by atoms with E-state index in [0.717, 1.165) is 15.3 Å². The Bertz CT molecular complexity index is 497. The average molecular weight is 266 g/mol. The molecule has 0 aromatic carbocycles. The van der Waals surface area contributed by atoms with Gasteiger partial charge in [-0.05, 0) is 31.4 Å². The fraction of sp³-hybridized carbons (Fsp3) is 0.308. The second-order valence-electron chi connectivity index (χ2n) is 3.82. The molecule has 0 N–H and O–H groups in total. The van der Waals surface area contributed by atoms with Gasteiger partial charge in [-0.1, -0.05) is 6.07 Å². The molecule has 17 heavy (non-hydrogen) atoms. The minimum absolute atomic E-state index is 0.0726. The fourth-order valence-corrected chi connectivity index (χ4v) is 3.21. The molecule has 0 fully saturated rings. The summed E-state index contributed by atoms with van der Waals surface area (Å²) in [5.74, 6) is 0.0726. The van der Waals surface area contributed by atoms with E-state index in [-0.39, 0.29) is 12.4 Å². The quantitative estimate of drug-likeness (QED) is 0.769. The minimum atomic E-state index is 0.0726. The van der Waals surface area contributed by atoms with Crippen LogP contribution in [0.3, 0.4) is 0 Å². The molecule has 2 aromatic rings. The van der Waals surface area contributed by atoms with Crippen molar-refractivity contribution in [3.63, 3.8) is 0 Å². The molecule has 0 saturated heterocycles. The predicted molar refractivity (Wildman–Crippen MR) is 72.1 cm³/mol. The van der Waals surface area contributed by atoms with Gasteiger partial charge in [0.2, 0.25) is 0 Å². The molecule has 0 saturated carbocycles. The maximum absolute atomic E-state index is 11.9. The smallest absolute Gasteiger partial charge is 0.189 e. The molecule has 0 aliphatic rings. The van der Waals surface area contributed by atoms with Gasteiger partial charge in [0.15, 0.2) is 5.78 Å². The van der Waals surface area contributed by atoms with Crippen LogP contribution in [0.2, 0.25) is 0 Å². The van der Waals surface area contributed by atoms with Gasteiger partial charge in [-0.3, -0.25) is 4.79 Å². The lowest BCUT2D eigenvalue weighted by atomic mass is 10.2. The van der Waals surface area contributed by atoms with Crippen molar-refractivity contribution >= 4 is 28.5 Å². The zero-order valence-corrected chi connectivity index (χ0v) is 11.5. The number of Topliss-reactive ketones (excluding diaryl/α,β-unsaturated/α-hetero) is 1. The Morgan fingerprint density at radius 3 is 2.82 bits per heavy atom. The Kier molecular flexibility index (Phi) is 4.10. The topological polar surface area (TPSA) is 26.3 Å². The zero-order chi connectivity index (χ0) is 12.3. The van der Waals surface area contributed by atoms with Crippen LogP contribution in [0, 0.1) is 13.8 Å². The molecule has 0 aliphatic heterocycles. The molecule has 0 spiro atoms. The van der Waals surface area contributed by atoms with Crippen LogP contribution in [0.25, 0.3) is 0 Å². The largest absolute Gasteiger partial charge is 0.368 e. The Balaban J connectivity index is 1.87. The standard InChI is InChI=1S/C13H14O2S2/c1-9-6-12(10(2)17-9)13(14)8-15-7-11-4-3-5-16-11/h3-6H,7-8H2,1-2H3. The van der Waals surface area contributed by atoms with Gasteiger partial charge < -0.3 is 4.74 Å². The van der Waals surface area contributed by atoms with Crippen molar-refractivity contribution in [2.24, 2.45) is 0 Å². The highest BCUT2D eigenvalue weighted by Crippen LogP contribution is 2.21. The Morgan fingerprint density at radius 2 is 2.24 bits per heavy atom. The van der Waals surface area contributed by atoms with Crippen molar-refractivity contribution < 1.29 is 9.53 Å². The molecule has 90 valence electrons. The molecule has 0 bridgehead atoms. The molecule has 2 rings (SSSR count). The van der Waals surface area contributed by atoms with Crippen LogP contribution in [0.15, 0.2) is 23.6 Å². The van der Waals surface area contributed by atoms with E-state index in [2.05, 4.69) is 0 Å². The van der Waals surface area contributed by atoms with Crippen molar-refractivity contribution in [2.75, 3.05) is 6.61 Å². The Morgan fingerprint density at radius 1 is 1.41 bits per heavy atom. The van der Waals surface area contributed by atoms with Crippen LogP contribution in [0.1, 0.15) is 25.0 Å². The molecule has 0 atom stereocenters. The summed E-state index contributed by atoms with van der Waals surface area (Å²) < 4.78 is 5.42. The van der Waals surface area contributed by atoms with Crippen molar-refractivity contribution in [2.45, 2.75) is 20.5 Å². The summed E-state index contributed by atoms with van der Waals surface area (Å²) in [5, 5.41) is 2.01. The molecule has 0 amide bonds. The third-order valence-electron chi connectivity index (χ3n) is 2.40. The van der Waals surface area contributed by atoms with Gasteiger partial charge in [-0.15, -0.1) is 22.7 Å². The van der Waals surface area contributed by atoms with Crippen LogP contribution in [0.4, 0.5) is 0 Å². The fourth-order valence-electron chi connectivity index (χ4n) is 1.62. The SMILES string of the molecule is Cc1cc(C(=O)COCc2cccs2)c(C)s1. The van der Waals surface area contributed by atoms with E-state index in [4.69, 9.17) is 4.74 Å². The molecular formula is C13H14O2S2. The third-order valence-corrected chi connectivity index (χ3v) is 4.21. The number of hydrogen-bond acceptors (Lipinski definition) is 4. The molecule has 0 unspecified atom stereocenters. The van der Waals surface area contributed by atoms with Crippen molar-refractivity contribution in [1.82, 2.24) is 0 Å². The van der Waals surface area contributed by atoms with Gasteiger partial charge in [0.05, 0.1) is 6.61 Å². The van der Waals surface area contributed by atoms with Crippen LogP contribution in [0.5, 0.6) is 0 Å². The average Bonchev–Trinajstić information content (AvgIpc) is 2.88. The van der Waals surface area contributed by atoms with Gasteiger partial charge in [0, 0.05) is 20.2 Å². The molecule has 2 nitrogen and oxygen atoms in total. The molecule has 0 radical (unpaired) electrons. The van der Waals surface area contributed by atoms with Crippen LogP contribution in [-0.4, -0.2) is 12.4 Å². The predicted octanol–water partition coefficient (Wildman–Crippen LogP) is 3.83. The highest BCUT2D eigenvalue weighted by atomic mass is 32.1. The number of thiophene rings is 2. The number of rotatable bonds is 5. The molecule has 2 heterocycles. The van der Waals surface area contributed by atoms with E-state index in [1.54, 1.807) is 22.7 Å². The lowest BCUT2D eigenvalue weighted by molar-refractivity contribution is 0.0731. The second kappa shape index (κ2) is 5.58. The number of hydrogen-bond donors (Lipinski definition) is 0. The van der Waals surface area contributed by atoms with Crippen LogP contribution >= 0.6 is 22.7 Å². The van der Waals surface area contributed by atoms with Crippen LogP contribution < -0.4 is 0 Å². The highest BCUT2D eigenvalue weighted by molar-refractivity contribution is 7.12. The molecular weight excluding hydrogens is 252 g/mol. The highest BCUT2D eigenvalue weighted by Gasteiger charge is 2.11. The van der Waals surface area contributed by atoms with Crippen LogP contribution in [-0.2, 0) is 11.3 Å². The van der Waals surface area contributed by atoms with Crippen molar-refractivity contribution in [3.8, 4) is 0 Å². The lowest BCUT2D eigenvalue weighted by Crippen LogP contribution is -2.08. The summed E-state index contributed by atoms with van der Waals surface area (Å²) in [5.41, 5.74) is 0.804. The summed E-state index contributed by atoms with van der Waals surface area (Å²) in [6.07, 6.45) is 0. The van der Waals surface area contributed by atoms with Gasteiger partial charge in [-0.2, -0.15) is 0 Å². The van der Waals surface area contributed by atoms with Gasteiger partial charge >= 0.3 is 0 Å². The third kappa shape index (κ3) is 3.25. The first-order chi connectivity index (χ1) is 8.16. The number of ketones is 1. The molecule has 0 aliphatic carbocycles. The van der Waals surface area contributed by atoms with Gasteiger partial charge in [-0.25, -0.2) is 0 Å². The first-order valence-electron chi connectivity index (χ1n) is 5.37. The van der Waals surface area contributed by atoms with Gasteiger partial charge in [0.1, 0.15) is 6.61 Å². The number of aryl methyl sites for hydroxylation is 2. The number of carbonyl (C=O) groups is 1. The first kappa shape index (κ1) is 12.5.